The van der Waals surface area contributed by atoms with Gasteiger partial charge in [-0.15, -0.1) is 11.3 Å². The third-order valence-electron chi connectivity index (χ3n) is 3.34. The Hall–Kier alpha value is -2.34. The van der Waals surface area contributed by atoms with Crippen LogP contribution in [0.15, 0.2) is 35.7 Å². The molecule has 2 aromatic rings. The SMILES string of the molecule is COc1cccc(CNC(=O)CCC(=O)c2cccs2)c1OC. The number of nitrogens with one attached hydrogen (secondary N) is 1. The number of carbonyl (C=O) groups is 2. The molecule has 6 heteroatoms. The summed E-state index contributed by atoms with van der Waals surface area (Å²) in [5.74, 6) is 1.05. The smallest absolute Gasteiger partial charge is 0.220 e. The average Bonchev–Trinajstić information content (AvgIpc) is 3.11. The van der Waals surface area contributed by atoms with Gasteiger partial charge in [-0.05, 0) is 17.5 Å². The zero-order valence-electron chi connectivity index (χ0n) is 13.1. The molecule has 1 aromatic carbocycles. The van der Waals surface area contributed by atoms with Crippen molar-refractivity contribution in [2.75, 3.05) is 14.2 Å². The number of ether oxygens (including phenoxy) is 2. The Morgan fingerprint density at radius 1 is 1.09 bits per heavy atom. The molecule has 0 bridgehead atoms. The van der Waals surface area contributed by atoms with Crippen LogP contribution in [0.3, 0.4) is 0 Å². The van der Waals surface area contributed by atoms with Crippen molar-refractivity contribution in [2.45, 2.75) is 19.4 Å². The first-order valence-corrected chi connectivity index (χ1v) is 8.07. The van der Waals surface area contributed by atoms with Gasteiger partial charge >= 0.3 is 0 Å². The largest absolute Gasteiger partial charge is 0.493 e. The van der Waals surface area contributed by atoms with Crippen LogP contribution in [0.25, 0.3) is 0 Å². The van der Waals surface area contributed by atoms with Crippen LogP contribution in [0.1, 0.15) is 28.1 Å². The van der Waals surface area contributed by atoms with Crippen LogP contribution in [0, 0.1) is 0 Å². The molecule has 0 radical (unpaired) electrons. The van der Waals surface area contributed by atoms with Gasteiger partial charge in [0, 0.05) is 24.9 Å². The molecule has 0 unspecified atom stereocenters. The van der Waals surface area contributed by atoms with Gasteiger partial charge < -0.3 is 14.8 Å². The quantitative estimate of drug-likeness (QED) is 0.754. The summed E-state index contributed by atoms with van der Waals surface area (Å²) in [7, 11) is 3.12. The van der Waals surface area contributed by atoms with Crippen LogP contribution in [-0.4, -0.2) is 25.9 Å². The van der Waals surface area contributed by atoms with E-state index >= 15 is 0 Å². The standard InChI is InChI=1S/C17H19NO4S/c1-21-14-6-3-5-12(17(14)22-2)11-18-16(20)9-8-13(19)15-7-4-10-23-15/h3-7,10H,8-9,11H2,1-2H3,(H,18,20). The van der Waals surface area contributed by atoms with Crippen LogP contribution in [-0.2, 0) is 11.3 Å². The number of ketones is 1. The highest BCUT2D eigenvalue weighted by Gasteiger charge is 2.12. The van der Waals surface area contributed by atoms with Crippen molar-refractivity contribution < 1.29 is 19.1 Å². The lowest BCUT2D eigenvalue weighted by molar-refractivity contribution is -0.121. The molecule has 0 atom stereocenters. The number of carbonyl (C=O) groups excluding carboxylic acids is 2. The molecule has 23 heavy (non-hydrogen) atoms. The lowest BCUT2D eigenvalue weighted by Gasteiger charge is -2.13. The minimum atomic E-state index is -0.167. The second-order valence-corrected chi connectivity index (χ2v) is 5.78. The topological polar surface area (TPSA) is 64.6 Å². The molecule has 5 nitrogen and oxygen atoms in total. The summed E-state index contributed by atoms with van der Waals surface area (Å²) in [6, 6.07) is 9.09. The monoisotopic (exact) mass is 333 g/mol. The summed E-state index contributed by atoms with van der Waals surface area (Å²) in [4.78, 5) is 24.5. The van der Waals surface area contributed by atoms with Gasteiger partial charge in [-0.1, -0.05) is 18.2 Å². The predicted octanol–water partition coefficient (Wildman–Crippen LogP) is 3.04. The minimum Gasteiger partial charge on any atom is -0.493 e. The fourth-order valence-corrected chi connectivity index (χ4v) is 2.86. The van der Waals surface area contributed by atoms with Gasteiger partial charge in [0.05, 0.1) is 19.1 Å². The summed E-state index contributed by atoms with van der Waals surface area (Å²) in [5, 5.41) is 4.65. The Kier molecular flexibility index (Phi) is 6.17. The van der Waals surface area contributed by atoms with Crippen molar-refractivity contribution in [3.8, 4) is 11.5 Å². The van der Waals surface area contributed by atoms with Crippen LogP contribution in [0.5, 0.6) is 11.5 Å². The highest BCUT2D eigenvalue weighted by Crippen LogP contribution is 2.30. The molecule has 0 aliphatic carbocycles. The van der Waals surface area contributed by atoms with E-state index in [4.69, 9.17) is 9.47 Å². The number of thiophene rings is 1. The first kappa shape index (κ1) is 17.0. The number of para-hydroxylation sites is 1. The van der Waals surface area contributed by atoms with Crippen molar-refractivity contribution in [3.05, 3.63) is 46.2 Å². The molecule has 0 aliphatic rings. The van der Waals surface area contributed by atoms with E-state index in [9.17, 15) is 9.59 Å². The second kappa shape index (κ2) is 8.33. The van der Waals surface area contributed by atoms with Crippen LogP contribution >= 0.6 is 11.3 Å². The van der Waals surface area contributed by atoms with Crippen LogP contribution in [0.4, 0.5) is 0 Å². The molecule has 1 aromatic heterocycles. The van der Waals surface area contributed by atoms with E-state index in [2.05, 4.69) is 5.32 Å². The number of benzene rings is 1. The first-order chi connectivity index (χ1) is 11.2. The molecule has 0 spiro atoms. The van der Waals surface area contributed by atoms with Gasteiger partial charge in [-0.3, -0.25) is 9.59 Å². The number of amides is 1. The summed E-state index contributed by atoms with van der Waals surface area (Å²) in [6.45, 7) is 0.326. The fourth-order valence-electron chi connectivity index (χ4n) is 2.16. The molecule has 0 saturated carbocycles. The summed E-state index contributed by atoms with van der Waals surface area (Å²) in [6.07, 6.45) is 0.380. The summed E-state index contributed by atoms with van der Waals surface area (Å²) >= 11 is 1.39. The van der Waals surface area contributed by atoms with E-state index in [1.807, 2.05) is 23.6 Å². The molecule has 0 fully saturated rings. The molecule has 1 N–H and O–H groups in total. The predicted molar refractivity (Wildman–Crippen MR) is 89.3 cm³/mol. The number of Topliss-reactive ketones (excluding diaryl/α,β-unsaturated/α-hetero) is 1. The number of hydrogen-bond donors (Lipinski definition) is 1. The van der Waals surface area contributed by atoms with E-state index in [1.165, 1.54) is 11.3 Å². The highest BCUT2D eigenvalue weighted by molar-refractivity contribution is 7.12. The minimum absolute atomic E-state index is 0.00545. The molecule has 122 valence electrons. The zero-order valence-corrected chi connectivity index (χ0v) is 13.9. The number of rotatable bonds is 8. The second-order valence-electron chi connectivity index (χ2n) is 4.83. The van der Waals surface area contributed by atoms with E-state index in [-0.39, 0.29) is 24.5 Å². The van der Waals surface area contributed by atoms with Gasteiger partial charge in [0.25, 0.3) is 0 Å². The third-order valence-corrected chi connectivity index (χ3v) is 4.25. The highest BCUT2D eigenvalue weighted by atomic mass is 32.1. The Labute approximate surface area is 139 Å². The molecular weight excluding hydrogens is 314 g/mol. The Morgan fingerprint density at radius 2 is 1.91 bits per heavy atom. The van der Waals surface area contributed by atoms with Crippen molar-refractivity contribution >= 4 is 23.0 Å². The maximum absolute atomic E-state index is 11.9. The molecule has 2 rings (SSSR count). The molecule has 0 aliphatic heterocycles. The van der Waals surface area contributed by atoms with Gasteiger partial charge in [-0.2, -0.15) is 0 Å². The lowest BCUT2D eigenvalue weighted by Crippen LogP contribution is -2.23. The van der Waals surface area contributed by atoms with Crippen molar-refractivity contribution in [1.29, 1.82) is 0 Å². The lowest BCUT2D eigenvalue weighted by atomic mass is 10.1. The number of hydrogen-bond acceptors (Lipinski definition) is 5. The van der Waals surface area contributed by atoms with Crippen LogP contribution in [0.2, 0.25) is 0 Å². The number of methoxy groups -OCH3 is 2. The first-order valence-electron chi connectivity index (χ1n) is 7.19. The Bertz CT molecular complexity index is 667. The summed E-state index contributed by atoms with van der Waals surface area (Å²) < 4.78 is 10.5. The van der Waals surface area contributed by atoms with E-state index in [1.54, 1.807) is 26.4 Å². The normalized spacial score (nSPS) is 10.2. The maximum atomic E-state index is 11.9. The van der Waals surface area contributed by atoms with E-state index in [0.29, 0.717) is 22.9 Å². The van der Waals surface area contributed by atoms with Crippen molar-refractivity contribution in [2.24, 2.45) is 0 Å². The maximum Gasteiger partial charge on any atom is 0.220 e. The van der Waals surface area contributed by atoms with Crippen molar-refractivity contribution in [3.63, 3.8) is 0 Å². The zero-order chi connectivity index (χ0) is 16.7. The molecular formula is C17H19NO4S. The van der Waals surface area contributed by atoms with Crippen LogP contribution < -0.4 is 14.8 Å². The molecule has 1 heterocycles. The average molecular weight is 333 g/mol. The van der Waals surface area contributed by atoms with Crippen molar-refractivity contribution in [1.82, 2.24) is 5.32 Å². The van der Waals surface area contributed by atoms with Gasteiger partial charge in [0.1, 0.15) is 0 Å². The summed E-state index contributed by atoms with van der Waals surface area (Å²) in [5.41, 5.74) is 0.824. The van der Waals surface area contributed by atoms with Gasteiger partial charge in [0.2, 0.25) is 5.91 Å². The molecule has 0 saturated heterocycles. The Morgan fingerprint density at radius 3 is 2.57 bits per heavy atom. The van der Waals surface area contributed by atoms with Gasteiger partial charge in [0.15, 0.2) is 17.3 Å². The van der Waals surface area contributed by atoms with Gasteiger partial charge in [-0.25, -0.2) is 0 Å². The Balaban J connectivity index is 1.86. The van der Waals surface area contributed by atoms with E-state index in [0.717, 1.165) is 5.56 Å². The fraction of sp³-hybridized carbons (Fsp3) is 0.294. The third kappa shape index (κ3) is 4.56. The van der Waals surface area contributed by atoms with E-state index < -0.39 is 0 Å². The molecule has 1 amide bonds.